The number of aromatic nitrogens is 2. The Labute approximate surface area is 136 Å². The lowest BCUT2D eigenvalue weighted by Gasteiger charge is -2.33. The van der Waals surface area contributed by atoms with E-state index in [0.29, 0.717) is 5.92 Å². The van der Waals surface area contributed by atoms with Crippen LogP contribution in [0.5, 0.6) is 0 Å². The Kier molecular flexibility index (Phi) is 2.90. The normalized spacial score (nSPS) is 20.4. The first-order valence-electron chi connectivity index (χ1n) is 8.65. The molecule has 23 heavy (non-hydrogen) atoms. The molecule has 2 heteroatoms. The van der Waals surface area contributed by atoms with E-state index in [1.54, 1.807) is 5.57 Å². The number of benzene rings is 2. The molecule has 0 saturated heterocycles. The summed E-state index contributed by atoms with van der Waals surface area (Å²) in [6.07, 6.45) is 6.07. The SMILES string of the molecule is c1ccc(C2Cc3nc4ccccc4n3C3=C2CCCC3)cc1. The summed E-state index contributed by atoms with van der Waals surface area (Å²) in [5.41, 5.74) is 7.04. The molecule has 5 rings (SSSR count). The van der Waals surface area contributed by atoms with Gasteiger partial charge in [-0.3, -0.25) is 0 Å². The van der Waals surface area contributed by atoms with Crippen molar-refractivity contribution in [3.63, 3.8) is 0 Å². The Balaban J connectivity index is 1.75. The summed E-state index contributed by atoms with van der Waals surface area (Å²) >= 11 is 0. The lowest BCUT2D eigenvalue weighted by atomic mass is 9.79. The number of imidazole rings is 1. The van der Waals surface area contributed by atoms with Gasteiger partial charge in [0.05, 0.1) is 11.0 Å². The van der Waals surface area contributed by atoms with Crippen LogP contribution < -0.4 is 0 Å². The molecule has 0 fully saturated rings. The molecule has 0 amide bonds. The van der Waals surface area contributed by atoms with Gasteiger partial charge in [0.1, 0.15) is 5.82 Å². The first-order valence-corrected chi connectivity index (χ1v) is 8.65. The van der Waals surface area contributed by atoms with Crippen molar-refractivity contribution >= 4 is 16.7 Å². The average molecular weight is 300 g/mol. The van der Waals surface area contributed by atoms with Gasteiger partial charge in [0, 0.05) is 18.0 Å². The van der Waals surface area contributed by atoms with Crippen molar-refractivity contribution in [1.29, 1.82) is 0 Å². The molecule has 0 N–H and O–H groups in total. The van der Waals surface area contributed by atoms with Crippen LogP contribution in [0.3, 0.4) is 0 Å². The first kappa shape index (κ1) is 13.1. The molecule has 2 heterocycles. The Bertz CT molecular complexity index is 902. The van der Waals surface area contributed by atoms with Crippen LogP contribution in [0.25, 0.3) is 16.7 Å². The van der Waals surface area contributed by atoms with Crippen LogP contribution in [0.4, 0.5) is 0 Å². The quantitative estimate of drug-likeness (QED) is 0.607. The molecule has 2 nitrogen and oxygen atoms in total. The minimum absolute atomic E-state index is 0.510. The molecule has 0 saturated carbocycles. The van der Waals surface area contributed by atoms with Crippen LogP contribution in [-0.2, 0) is 6.42 Å². The molecule has 3 aromatic rings. The highest BCUT2D eigenvalue weighted by Gasteiger charge is 2.31. The van der Waals surface area contributed by atoms with Crippen molar-refractivity contribution in [2.75, 3.05) is 0 Å². The van der Waals surface area contributed by atoms with Gasteiger partial charge in [-0.25, -0.2) is 4.98 Å². The van der Waals surface area contributed by atoms with Gasteiger partial charge in [-0.1, -0.05) is 42.5 Å². The second-order valence-corrected chi connectivity index (χ2v) is 6.70. The van der Waals surface area contributed by atoms with Crippen LogP contribution >= 0.6 is 0 Å². The molecule has 114 valence electrons. The maximum absolute atomic E-state index is 4.95. The van der Waals surface area contributed by atoms with Crippen molar-refractivity contribution in [3.8, 4) is 0 Å². The third-order valence-electron chi connectivity index (χ3n) is 5.39. The highest BCUT2D eigenvalue weighted by atomic mass is 15.1. The number of hydrogen-bond donors (Lipinski definition) is 0. The Hall–Kier alpha value is -2.35. The van der Waals surface area contributed by atoms with E-state index in [-0.39, 0.29) is 0 Å². The van der Waals surface area contributed by atoms with E-state index >= 15 is 0 Å². The largest absolute Gasteiger partial charge is 0.300 e. The number of hydrogen-bond acceptors (Lipinski definition) is 1. The van der Waals surface area contributed by atoms with Gasteiger partial charge >= 0.3 is 0 Å². The summed E-state index contributed by atoms with van der Waals surface area (Å²) in [5, 5.41) is 0. The molecule has 1 aliphatic heterocycles. The van der Waals surface area contributed by atoms with E-state index in [9.17, 15) is 0 Å². The Morgan fingerprint density at radius 3 is 2.57 bits per heavy atom. The van der Waals surface area contributed by atoms with Gasteiger partial charge in [-0.15, -0.1) is 0 Å². The molecule has 0 spiro atoms. The highest BCUT2D eigenvalue weighted by Crippen LogP contribution is 2.44. The van der Waals surface area contributed by atoms with Crippen molar-refractivity contribution in [1.82, 2.24) is 9.55 Å². The zero-order valence-corrected chi connectivity index (χ0v) is 13.2. The fourth-order valence-electron chi connectivity index (χ4n) is 4.37. The summed E-state index contributed by atoms with van der Waals surface area (Å²) in [7, 11) is 0. The molecular formula is C21H20N2. The molecule has 0 radical (unpaired) electrons. The van der Waals surface area contributed by atoms with Crippen LogP contribution in [0.15, 0.2) is 60.2 Å². The monoisotopic (exact) mass is 300 g/mol. The van der Waals surface area contributed by atoms with E-state index in [1.165, 1.54) is 48.3 Å². The van der Waals surface area contributed by atoms with E-state index in [1.807, 2.05) is 0 Å². The number of para-hydroxylation sites is 2. The number of fused-ring (bicyclic) bond motifs is 4. The van der Waals surface area contributed by atoms with Crippen molar-refractivity contribution < 1.29 is 0 Å². The second kappa shape index (κ2) is 5.09. The van der Waals surface area contributed by atoms with Crippen LogP contribution in [0.2, 0.25) is 0 Å². The van der Waals surface area contributed by atoms with Gasteiger partial charge in [0.25, 0.3) is 0 Å². The third-order valence-corrected chi connectivity index (χ3v) is 5.39. The van der Waals surface area contributed by atoms with Gasteiger partial charge in [0.15, 0.2) is 0 Å². The maximum Gasteiger partial charge on any atom is 0.115 e. The zero-order valence-electron chi connectivity index (χ0n) is 13.2. The molecule has 1 atom stereocenters. The molecular weight excluding hydrogens is 280 g/mol. The van der Waals surface area contributed by atoms with Gasteiger partial charge in [-0.2, -0.15) is 0 Å². The summed E-state index contributed by atoms with van der Waals surface area (Å²) < 4.78 is 2.46. The molecule has 1 aromatic heterocycles. The molecule has 2 aromatic carbocycles. The zero-order chi connectivity index (χ0) is 15.2. The standard InChI is InChI=1S/C21H20N2/c1-2-8-15(9-3-1)17-14-21-22-18-11-5-7-13-20(18)23(21)19-12-6-4-10-16(17)19/h1-3,5,7-9,11,13,17H,4,6,10,12,14H2. The van der Waals surface area contributed by atoms with Crippen molar-refractivity contribution in [3.05, 3.63) is 71.6 Å². The van der Waals surface area contributed by atoms with Gasteiger partial charge in [0.2, 0.25) is 0 Å². The summed E-state index contributed by atoms with van der Waals surface area (Å²) in [6.45, 7) is 0. The minimum Gasteiger partial charge on any atom is -0.300 e. The van der Waals surface area contributed by atoms with Gasteiger partial charge < -0.3 is 4.57 Å². The Morgan fingerprint density at radius 2 is 1.65 bits per heavy atom. The average Bonchev–Trinajstić information content (AvgIpc) is 3.00. The minimum atomic E-state index is 0.510. The second-order valence-electron chi connectivity index (χ2n) is 6.70. The summed E-state index contributed by atoms with van der Waals surface area (Å²) in [5.74, 6) is 1.75. The van der Waals surface area contributed by atoms with E-state index in [0.717, 1.165) is 11.9 Å². The fraction of sp³-hybridized carbons (Fsp3) is 0.286. The molecule has 1 unspecified atom stereocenters. The van der Waals surface area contributed by atoms with E-state index < -0.39 is 0 Å². The number of rotatable bonds is 1. The third kappa shape index (κ3) is 1.98. The molecule has 1 aliphatic carbocycles. The maximum atomic E-state index is 4.95. The lowest BCUT2D eigenvalue weighted by Crippen LogP contribution is -2.22. The lowest BCUT2D eigenvalue weighted by molar-refractivity contribution is 0.590. The topological polar surface area (TPSA) is 17.8 Å². The molecule has 2 aliphatic rings. The number of allylic oxidation sites excluding steroid dienone is 2. The smallest absolute Gasteiger partial charge is 0.115 e. The van der Waals surface area contributed by atoms with Crippen LogP contribution in [0, 0.1) is 0 Å². The fourth-order valence-corrected chi connectivity index (χ4v) is 4.37. The summed E-state index contributed by atoms with van der Waals surface area (Å²) in [4.78, 5) is 4.95. The van der Waals surface area contributed by atoms with E-state index in [2.05, 4.69) is 59.2 Å². The highest BCUT2D eigenvalue weighted by molar-refractivity contribution is 5.81. The predicted octanol–water partition coefficient (Wildman–Crippen LogP) is 5.16. The van der Waals surface area contributed by atoms with Crippen LogP contribution in [-0.4, -0.2) is 9.55 Å². The summed E-state index contributed by atoms with van der Waals surface area (Å²) in [6, 6.07) is 19.6. The van der Waals surface area contributed by atoms with Crippen LogP contribution in [0.1, 0.15) is 43.0 Å². The van der Waals surface area contributed by atoms with Crippen molar-refractivity contribution in [2.24, 2.45) is 0 Å². The molecule has 0 bridgehead atoms. The Morgan fingerprint density at radius 1 is 0.870 bits per heavy atom. The predicted molar refractivity (Wildman–Crippen MR) is 94.3 cm³/mol. The van der Waals surface area contributed by atoms with Gasteiger partial charge in [-0.05, 0) is 49.0 Å². The van der Waals surface area contributed by atoms with E-state index in [4.69, 9.17) is 4.98 Å². The first-order chi connectivity index (χ1) is 11.4. The number of nitrogens with zero attached hydrogens (tertiary/aromatic N) is 2. The van der Waals surface area contributed by atoms with Crippen molar-refractivity contribution in [2.45, 2.75) is 38.0 Å².